The van der Waals surface area contributed by atoms with Crippen molar-refractivity contribution in [3.05, 3.63) is 83.9 Å². The van der Waals surface area contributed by atoms with Crippen molar-refractivity contribution in [2.75, 3.05) is 45.9 Å². The highest BCUT2D eigenvalue weighted by atomic mass is 35.5. The molecule has 0 unspecified atom stereocenters. The topological polar surface area (TPSA) is 42.0 Å². The van der Waals surface area contributed by atoms with Gasteiger partial charge in [-0.05, 0) is 117 Å². The van der Waals surface area contributed by atoms with Crippen molar-refractivity contribution in [3.63, 3.8) is 0 Å². The van der Waals surface area contributed by atoms with Gasteiger partial charge in [0.1, 0.15) is 18.1 Å². The van der Waals surface area contributed by atoms with Crippen molar-refractivity contribution in [3.8, 4) is 21.9 Å². The number of carbonyl (C=O) groups excluding carboxylic acids is 1. The predicted molar refractivity (Wildman–Crippen MR) is 178 cm³/mol. The fraction of sp³-hybridized carbons (Fsp3) is 0.400. The summed E-state index contributed by atoms with van der Waals surface area (Å²) < 4.78 is 13.3. The summed E-state index contributed by atoms with van der Waals surface area (Å²) in [6.07, 6.45) is 4.73. The van der Waals surface area contributed by atoms with Crippen molar-refractivity contribution in [1.82, 2.24) is 9.80 Å². The van der Waals surface area contributed by atoms with E-state index in [0.29, 0.717) is 13.0 Å². The molecule has 0 N–H and O–H groups in total. The fourth-order valence-corrected chi connectivity index (χ4v) is 6.79. The number of nitrogens with zero attached hydrogens (tertiary/aromatic N) is 2. The van der Waals surface area contributed by atoms with E-state index >= 15 is 0 Å². The maximum Gasteiger partial charge on any atom is 0.222 e. The number of thiophene rings is 1. The van der Waals surface area contributed by atoms with Gasteiger partial charge in [-0.25, -0.2) is 0 Å². The third-order valence-corrected chi connectivity index (χ3v) is 9.18. The molecule has 224 valence electrons. The van der Waals surface area contributed by atoms with E-state index in [1.165, 1.54) is 57.6 Å². The molecule has 5 nitrogen and oxygen atoms in total. The van der Waals surface area contributed by atoms with Gasteiger partial charge in [0.25, 0.3) is 0 Å². The van der Waals surface area contributed by atoms with Crippen LogP contribution in [0.4, 0.5) is 0 Å². The molecule has 0 spiro atoms. The lowest BCUT2D eigenvalue weighted by Crippen LogP contribution is -2.30. The Morgan fingerprint density at radius 1 is 0.857 bits per heavy atom. The first-order valence-electron chi connectivity index (χ1n) is 15.1. The smallest absolute Gasteiger partial charge is 0.222 e. The molecular weight excluding hydrogens is 564 g/mol. The molecular formula is C35H43ClN2O3S. The minimum Gasteiger partial charge on any atom is -0.494 e. The molecule has 4 aromatic rings. The summed E-state index contributed by atoms with van der Waals surface area (Å²) in [5, 5.41) is 1.32. The summed E-state index contributed by atoms with van der Waals surface area (Å²) in [5.41, 5.74) is 3.84. The Morgan fingerprint density at radius 3 is 2.19 bits per heavy atom. The average molecular weight is 607 g/mol. The standard InChI is InChI=1S/C35H42N2O3S.ClH/c1-3-37(4-2)34(38)12-9-24-39-29-17-13-27(14-18-29)26-32-31-10-5-6-11-33(31)41-35(32)28-15-19-30(20-16-28)40-25-23-36-21-7-8-22-36;/h5-6,10-11,13-20H,3-4,7-9,12,21-26H2,1-2H3;1H. The minimum atomic E-state index is 0. The summed E-state index contributed by atoms with van der Waals surface area (Å²) in [5.74, 6) is 1.98. The third-order valence-electron chi connectivity index (χ3n) is 7.91. The third kappa shape index (κ3) is 8.27. The number of amides is 1. The number of ether oxygens (including phenoxy) is 2. The lowest BCUT2D eigenvalue weighted by molar-refractivity contribution is -0.131. The first-order valence-corrected chi connectivity index (χ1v) is 15.9. The zero-order valence-corrected chi connectivity index (χ0v) is 26.5. The van der Waals surface area contributed by atoms with Gasteiger partial charge in [0.2, 0.25) is 5.91 Å². The number of likely N-dealkylation sites (tertiary alicyclic amines) is 1. The Hall–Kier alpha value is -3.06. The van der Waals surface area contributed by atoms with Crippen LogP contribution in [0.15, 0.2) is 72.8 Å². The number of fused-ring (bicyclic) bond motifs is 1. The van der Waals surface area contributed by atoms with Crippen molar-refractivity contribution in [2.45, 2.75) is 46.0 Å². The lowest BCUT2D eigenvalue weighted by atomic mass is 9.99. The highest BCUT2D eigenvalue weighted by Gasteiger charge is 2.15. The number of hydrogen-bond acceptors (Lipinski definition) is 5. The predicted octanol–water partition coefficient (Wildman–Crippen LogP) is 8.08. The van der Waals surface area contributed by atoms with Crippen LogP contribution in [0.1, 0.15) is 50.7 Å². The molecule has 0 radical (unpaired) electrons. The van der Waals surface area contributed by atoms with E-state index in [2.05, 4.69) is 65.6 Å². The second kappa shape index (κ2) is 16.0. The van der Waals surface area contributed by atoms with Gasteiger partial charge in [-0.15, -0.1) is 23.7 Å². The molecule has 7 heteroatoms. The summed E-state index contributed by atoms with van der Waals surface area (Å²) in [6, 6.07) is 25.7. The number of rotatable bonds is 14. The molecule has 3 aromatic carbocycles. The van der Waals surface area contributed by atoms with Crippen LogP contribution in [0.25, 0.3) is 20.5 Å². The highest BCUT2D eigenvalue weighted by Crippen LogP contribution is 2.40. The van der Waals surface area contributed by atoms with Crippen LogP contribution < -0.4 is 9.47 Å². The summed E-state index contributed by atoms with van der Waals surface area (Å²) in [7, 11) is 0. The number of carbonyl (C=O) groups is 1. The summed E-state index contributed by atoms with van der Waals surface area (Å²) in [6.45, 7) is 10.2. The molecule has 0 bridgehead atoms. The molecule has 5 rings (SSSR count). The van der Waals surface area contributed by atoms with Crippen molar-refractivity contribution < 1.29 is 14.3 Å². The molecule has 0 aliphatic carbocycles. The van der Waals surface area contributed by atoms with Crippen LogP contribution in [0.5, 0.6) is 11.5 Å². The van der Waals surface area contributed by atoms with Gasteiger partial charge < -0.3 is 14.4 Å². The number of benzene rings is 3. The molecule has 2 heterocycles. The summed E-state index contributed by atoms with van der Waals surface area (Å²) >= 11 is 1.86. The second-order valence-electron chi connectivity index (χ2n) is 10.7. The monoisotopic (exact) mass is 606 g/mol. The molecule has 1 fully saturated rings. The van der Waals surface area contributed by atoms with Crippen LogP contribution in [0.3, 0.4) is 0 Å². The normalized spacial score (nSPS) is 13.2. The largest absolute Gasteiger partial charge is 0.494 e. The zero-order valence-electron chi connectivity index (χ0n) is 24.8. The van der Waals surface area contributed by atoms with Crippen LogP contribution in [0.2, 0.25) is 0 Å². The van der Waals surface area contributed by atoms with E-state index in [4.69, 9.17) is 9.47 Å². The first kappa shape index (κ1) is 31.9. The van der Waals surface area contributed by atoms with Crippen LogP contribution >= 0.6 is 23.7 Å². The SMILES string of the molecule is CCN(CC)C(=O)CCCOc1ccc(Cc2c(-c3ccc(OCCN4CCCC4)cc3)sc3ccccc23)cc1.Cl. The van der Waals surface area contributed by atoms with Crippen LogP contribution in [0, 0.1) is 0 Å². The fourth-order valence-electron chi connectivity index (χ4n) is 5.56. The van der Waals surface area contributed by atoms with Crippen molar-refractivity contribution in [1.29, 1.82) is 0 Å². The van der Waals surface area contributed by atoms with Gasteiger partial charge in [0.05, 0.1) is 6.61 Å². The van der Waals surface area contributed by atoms with E-state index in [0.717, 1.165) is 50.6 Å². The molecule has 0 saturated carbocycles. The lowest BCUT2D eigenvalue weighted by Gasteiger charge is -2.18. The Balaban J connectivity index is 0.00000405. The zero-order chi connectivity index (χ0) is 28.4. The molecule has 0 atom stereocenters. The summed E-state index contributed by atoms with van der Waals surface area (Å²) in [4.78, 5) is 17.9. The Kier molecular flexibility index (Phi) is 12.1. The van der Waals surface area contributed by atoms with Crippen LogP contribution in [-0.4, -0.2) is 61.6 Å². The molecule has 1 saturated heterocycles. The Bertz CT molecular complexity index is 1390. The Morgan fingerprint density at radius 2 is 1.50 bits per heavy atom. The van der Waals surface area contributed by atoms with Crippen molar-refractivity contribution >= 4 is 39.7 Å². The average Bonchev–Trinajstić information content (AvgIpc) is 3.65. The maximum absolute atomic E-state index is 12.2. The van der Waals surface area contributed by atoms with Gasteiger partial charge in [-0.1, -0.05) is 30.3 Å². The van der Waals surface area contributed by atoms with E-state index < -0.39 is 0 Å². The molecule has 1 aliphatic rings. The van der Waals surface area contributed by atoms with E-state index in [1.54, 1.807) is 0 Å². The van der Waals surface area contributed by atoms with E-state index in [-0.39, 0.29) is 18.3 Å². The minimum absolute atomic E-state index is 0. The second-order valence-corrected chi connectivity index (χ2v) is 11.7. The molecule has 1 aromatic heterocycles. The highest BCUT2D eigenvalue weighted by molar-refractivity contribution is 7.22. The van der Waals surface area contributed by atoms with Crippen LogP contribution in [-0.2, 0) is 11.2 Å². The molecule has 1 amide bonds. The maximum atomic E-state index is 12.2. The van der Waals surface area contributed by atoms with Crippen molar-refractivity contribution in [2.24, 2.45) is 0 Å². The van der Waals surface area contributed by atoms with E-state index in [9.17, 15) is 4.79 Å². The first-order chi connectivity index (χ1) is 20.1. The number of halogens is 1. The van der Waals surface area contributed by atoms with Gasteiger partial charge in [-0.2, -0.15) is 0 Å². The van der Waals surface area contributed by atoms with Gasteiger partial charge >= 0.3 is 0 Å². The van der Waals surface area contributed by atoms with E-state index in [1.807, 2.05) is 42.2 Å². The van der Waals surface area contributed by atoms with Gasteiger partial charge in [-0.3, -0.25) is 9.69 Å². The number of hydrogen-bond donors (Lipinski definition) is 0. The molecule has 42 heavy (non-hydrogen) atoms. The van der Waals surface area contributed by atoms with Gasteiger partial charge in [0, 0.05) is 35.6 Å². The van der Waals surface area contributed by atoms with Gasteiger partial charge in [0.15, 0.2) is 0 Å². The quantitative estimate of drug-likeness (QED) is 0.136. The Labute approximate surface area is 260 Å². The molecule has 1 aliphatic heterocycles.